The molecule has 2 aromatic carbocycles. The maximum absolute atomic E-state index is 12.5. The molecule has 144 valence electrons. The molecule has 0 fully saturated rings. The largest absolute Gasteiger partial charge is 0.486 e. The van der Waals surface area contributed by atoms with E-state index in [-0.39, 0.29) is 6.54 Å². The monoisotopic (exact) mass is 390 g/mol. The molecule has 2 aromatic rings. The number of sulfonamides is 1. The summed E-state index contributed by atoms with van der Waals surface area (Å²) in [4.78, 5) is 12.5. The van der Waals surface area contributed by atoms with Crippen LogP contribution in [0.5, 0.6) is 11.5 Å². The first-order valence-corrected chi connectivity index (χ1v) is 10.3. The minimum absolute atomic E-state index is 0.341. The smallest absolute Gasteiger partial charge is 0.245 e. The van der Waals surface area contributed by atoms with E-state index in [1.807, 2.05) is 26.0 Å². The maximum atomic E-state index is 12.5. The van der Waals surface area contributed by atoms with Crippen LogP contribution in [-0.2, 0) is 14.8 Å². The Morgan fingerprint density at radius 3 is 2.52 bits per heavy atom. The van der Waals surface area contributed by atoms with E-state index in [1.165, 1.54) is 0 Å². The van der Waals surface area contributed by atoms with Gasteiger partial charge in [0, 0.05) is 11.8 Å². The number of aryl methyl sites for hydroxylation is 1. The molecule has 0 saturated carbocycles. The standard InChI is InChI=1S/C19H22N2O5S/c1-13-5-4-6-16(14(13)2)20-19(22)12-21(27(3,23)24)15-7-8-17-18(11-15)26-10-9-25-17/h4-8,11H,9-10,12H2,1-3H3,(H,20,22). The lowest BCUT2D eigenvalue weighted by Gasteiger charge is -2.25. The lowest BCUT2D eigenvalue weighted by molar-refractivity contribution is -0.114. The van der Waals surface area contributed by atoms with E-state index < -0.39 is 15.9 Å². The summed E-state index contributed by atoms with van der Waals surface area (Å²) in [5, 5.41) is 2.78. The number of nitrogens with zero attached hydrogens (tertiary/aromatic N) is 1. The van der Waals surface area contributed by atoms with Crippen molar-refractivity contribution < 1.29 is 22.7 Å². The Bertz CT molecular complexity index is 972. The molecular formula is C19H22N2O5S. The molecule has 0 unspecified atom stereocenters. The van der Waals surface area contributed by atoms with Crippen molar-refractivity contribution >= 4 is 27.3 Å². The fourth-order valence-electron chi connectivity index (χ4n) is 2.79. The van der Waals surface area contributed by atoms with Gasteiger partial charge in [-0.05, 0) is 43.2 Å². The predicted octanol–water partition coefficient (Wildman–Crippen LogP) is 2.48. The molecule has 0 bridgehead atoms. The molecule has 1 heterocycles. The van der Waals surface area contributed by atoms with Crippen LogP contribution in [0.25, 0.3) is 0 Å². The van der Waals surface area contributed by atoms with Crippen molar-refractivity contribution in [3.8, 4) is 11.5 Å². The Labute approximate surface area is 158 Å². The van der Waals surface area contributed by atoms with Crippen molar-refractivity contribution in [2.75, 3.05) is 35.6 Å². The number of nitrogens with one attached hydrogen (secondary N) is 1. The SMILES string of the molecule is Cc1cccc(NC(=O)CN(c2ccc3c(c2)OCCO3)S(C)(=O)=O)c1C. The van der Waals surface area contributed by atoms with E-state index in [0.29, 0.717) is 36.1 Å². The summed E-state index contributed by atoms with van der Waals surface area (Å²) in [6.07, 6.45) is 1.06. The second-order valence-electron chi connectivity index (χ2n) is 6.39. The third-order valence-electron chi connectivity index (χ3n) is 4.38. The maximum Gasteiger partial charge on any atom is 0.245 e. The molecule has 0 radical (unpaired) electrons. The van der Waals surface area contributed by atoms with Gasteiger partial charge in [0.05, 0.1) is 11.9 Å². The topological polar surface area (TPSA) is 84.9 Å². The summed E-state index contributed by atoms with van der Waals surface area (Å²) < 4.78 is 36.6. The fraction of sp³-hybridized carbons (Fsp3) is 0.316. The van der Waals surface area contributed by atoms with E-state index in [4.69, 9.17) is 9.47 Å². The molecule has 1 aliphatic heterocycles. The van der Waals surface area contributed by atoms with Gasteiger partial charge >= 0.3 is 0 Å². The number of hydrogen-bond donors (Lipinski definition) is 1. The summed E-state index contributed by atoms with van der Waals surface area (Å²) in [5.41, 5.74) is 2.99. The first-order chi connectivity index (χ1) is 12.8. The highest BCUT2D eigenvalue weighted by Gasteiger charge is 2.23. The number of anilines is 2. The second-order valence-corrected chi connectivity index (χ2v) is 8.30. The van der Waals surface area contributed by atoms with Gasteiger partial charge in [-0.2, -0.15) is 0 Å². The van der Waals surface area contributed by atoms with Gasteiger partial charge in [0.15, 0.2) is 11.5 Å². The number of carbonyl (C=O) groups is 1. The predicted molar refractivity (Wildman–Crippen MR) is 104 cm³/mol. The van der Waals surface area contributed by atoms with Gasteiger partial charge in [0.25, 0.3) is 0 Å². The van der Waals surface area contributed by atoms with Crippen molar-refractivity contribution in [3.05, 3.63) is 47.5 Å². The zero-order valence-electron chi connectivity index (χ0n) is 15.5. The quantitative estimate of drug-likeness (QED) is 0.848. The lowest BCUT2D eigenvalue weighted by atomic mass is 10.1. The highest BCUT2D eigenvalue weighted by molar-refractivity contribution is 7.92. The van der Waals surface area contributed by atoms with Crippen molar-refractivity contribution in [2.45, 2.75) is 13.8 Å². The molecule has 0 atom stereocenters. The minimum Gasteiger partial charge on any atom is -0.486 e. The van der Waals surface area contributed by atoms with Crippen LogP contribution in [0.3, 0.4) is 0 Å². The van der Waals surface area contributed by atoms with Crippen LogP contribution in [0.2, 0.25) is 0 Å². The Morgan fingerprint density at radius 1 is 1.11 bits per heavy atom. The molecule has 0 aromatic heterocycles. The molecule has 0 spiro atoms. The van der Waals surface area contributed by atoms with E-state index in [2.05, 4.69) is 5.32 Å². The number of carbonyl (C=O) groups excluding carboxylic acids is 1. The van der Waals surface area contributed by atoms with Crippen molar-refractivity contribution in [1.82, 2.24) is 0 Å². The first kappa shape index (κ1) is 19.0. The number of amides is 1. The Morgan fingerprint density at radius 2 is 1.81 bits per heavy atom. The molecule has 0 aliphatic carbocycles. The van der Waals surface area contributed by atoms with Crippen LogP contribution >= 0.6 is 0 Å². The molecule has 3 rings (SSSR count). The van der Waals surface area contributed by atoms with Crippen molar-refractivity contribution in [2.24, 2.45) is 0 Å². The zero-order valence-corrected chi connectivity index (χ0v) is 16.3. The summed E-state index contributed by atoms with van der Waals surface area (Å²) >= 11 is 0. The van der Waals surface area contributed by atoms with Crippen LogP contribution < -0.4 is 19.1 Å². The molecule has 7 nitrogen and oxygen atoms in total. The Kier molecular flexibility index (Phi) is 5.27. The number of rotatable bonds is 5. The van der Waals surface area contributed by atoms with Crippen LogP contribution in [0, 0.1) is 13.8 Å². The molecule has 1 aliphatic rings. The zero-order chi connectivity index (χ0) is 19.6. The number of benzene rings is 2. The van der Waals surface area contributed by atoms with Gasteiger partial charge in [-0.15, -0.1) is 0 Å². The van der Waals surface area contributed by atoms with Crippen LogP contribution in [0.1, 0.15) is 11.1 Å². The van der Waals surface area contributed by atoms with Gasteiger partial charge in [-0.25, -0.2) is 8.42 Å². The molecular weight excluding hydrogens is 368 g/mol. The van der Waals surface area contributed by atoms with E-state index in [9.17, 15) is 13.2 Å². The van der Waals surface area contributed by atoms with Gasteiger partial charge in [-0.3, -0.25) is 9.10 Å². The normalized spacial score (nSPS) is 13.1. The number of hydrogen-bond acceptors (Lipinski definition) is 5. The highest BCUT2D eigenvalue weighted by atomic mass is 32.2. The number of ether oxygens (including phenoxy) is 2. The van der Waals surface area contributed by atoms with Crippen molar-refractivity contribution in [1.29, 1.82) is 0 Å². The highest BCUT2D eigenvalue weighted by Crippen LogP contribution is 2.34. The summed E-state index contributed by atoms with van der Waals surface area (Å²) in [5.74, 6) is 0.588. The average Bonchev–Trinajstić information content (AvgIpc) is 2.62. The van der Waals surface area contributed by atoms with Crippen LogP contribution in [0.4, 0.5) is 11.4 Å². The summed E-state index contributed by atoms with van der Waals surface area (Å²) in [6, 6.07) is 10.4. The summed E-state index contributed by atoms with van der Waals surface area (Å²) in [6.45, 7) is 4.35. The molecule has 8 heteroatoms. The number of fused-ring (bicyclic) bond motifs is 1. The van der Waals surface area contributed by atoms with E-state index in [1.54, 1.807) is 24.3 Å². The minimum atomic E-state index is -3.67. The Balaban J connectivity index is 1.84. The van der Waals surface area contributed by atoms with Crippen molar-refractivity contribution in [3.63, 3.8) is 0 Å². The fourth-order valence-corrected chi connectivity index (χ4v) is 3.64. The molecule has 27 heavy (non-hydrogen) atoms. The van der Waals surface area contributed by atoms with Gasteiger partial charge in [0.2, 0.25) is 15.9 Å². The van der Waals surface area contributed by atoms with Gasteiger partial charge < -0.3 is 14.8 Å². The average molecular weight is 390 g/mol. The lowest BCUT2D eigenvalue weighted by Crippen LogP contribution is -2.37. The third kappa shape index (κ3) is 4.33. The van der Waals surface area contributed by atoms with E-state index >= 15 is 0 Å². The van der Waals surface area contributed by atoms with Crippen LogP contribution in [0.15, 0.2) is 36.4 Å². The van der Waals surface area contributed by atoms with E-state index in [0.717, 1.165) is 21.7 Å². The molecule has 0 saturated heterocycles. The Hall–Kier alpha value is -2.74. The first-order valence-electron chi connectivity index (χ1n) is 8.49. The second kappa shape index (κ2) is 7.48. The van der Waals surface area contributed by atoms with Gasteiger partial charge in [0.1, 0.15) is 19.8 Å². The summed E-state index contributed by atoms with van der Waals surface area (Å²) in [7, 11) is -3.67. The molecule has 1 amide bonds. The van der Waals surface area contributed by atoms with Crippen LogP contribution in [-0.4, -0.2) is 40.3 Å². The van der Waals surface area contributed by atoms with Gasteiger partial charge in [-0.1, -0.05) is 12.1 Å². The molecule has 1 N–H and O–H groups in total. The third-order valence-corrected chi connectivity index (χ3v) is 5.52.